The van der Waals surface area contributed by atoms with Gasteiger partial charge in [0.15, 0.2) is 34.8 Å². The summed E-state index contributed by atoms with van der Waals surface area (Å²) in [7, 11) is 3.50. The van der Waals surface area contributed by atoms with Crippen LogP contribution in [0.15, 0.2) is 47.5 Å². The summed E-state index contributed by atoms with van der Waals surface area (Å²) in [6, 6.07) is 10.2. The molecule has 3 aromatic carbocycles. The Labute approximate surface area is 365 Å². The zero-order valence-corrected chi connectivity index (χ0v) is 35.9. The van der Waals surface area contributed by atoms with Crippen LogP contribution in [-0.4, -0.2) is 92.0 Å². The number of carbonyl (C=O) groups is 2. The lowest BCUT2D eigenvalue weighted by Crippen LogP contribution is -2.49. The van der Waals surface area contributed by atoms with Crippen molar-refractivity contribution < 1.29 is 32.2 Å². The van der Waals surface area contributed by atoms with Gasteiger partial charge < -0.3 is 19.1 Å². The summed E-state index contributed by atoms with van der Waals surface area (Å²) in [4.78, 5) is 46.5. The Hall–Kier alpha value is -5.68. The van der Waals surface area contributed by atoms with Gasteiger partial charge in [0, 0.05) is 63.2 Å². The molecule has 330 valence electrons. The third kappa shape index (κ3) is 7.87. The molecule has 1 unspecified atom stereocenters. The van der Waals surface area contributed by atoms with Crippen LogP contribution in [0, 0.1) is 28.8 Å². The molecule has 1 saturated carbocycles. The van der Waals surface area contributed by atoms with Gasteiger partial charge in [-0.25, -0.2) is 27.3 Å². The number of carbonyl (C=O) groups excluding carboxylic acids is 2. The summed E-state index contributed by atoms with van der Waals surface area (Å²) >= 11 is 1.21. The number of imide groups is 1. The van der Waals surface area contributed by atoms with Crippen LogP contribution in [0.4, 0.5) is 29.5 Å². The molecule has 3 amide bonds. The van der Waals surface area contributed by atoms with Gasteiger partial charge in [0.05, 0.1) is 35.8 Å². The lowest BCUT2D eigenvalue weighted by Gasteiger charge is -2.44. The molecule has 9 rings (SSSR count). The third-order valence-electron chi connectivity index (χ3n) is 13.3. The number of nitriles is 1. The lowest BCUT2D eigenvalue weighted by atomic mass is 9.79. The number of hydrogen-bond acceptors (Lipinski definition) is 12. The highest BCUT2D eigenvalue weighted by atomic mass is 32.2. The minimum absolute atomic E-state index is 0.0398. The number of ether oxygens (including phenoxy) is 2. The average molecular weight is 885 g/mol. The number of aryl methyl sites for hydroxylation is 1. The topological polar surface area (TPSA) is 163 Å². The van der Waals surface area contributed by atoms with Gasteiger partial charge in [-0.05, 0) is 93.8 Å². The Morgan fingerprint density at radius 1 is 1.03 bits per heavy atom. The fourth-order valence-electron chi connectivity index (χ4n) is 9.66. The summed E-state index contributed by atoms with van der Waals surface area (Å²) in [6.07, 6.45) is 7.11. The predicted molar refractivity (Wildman–Crippen MR) is 231 cm³/mol. The van der Waals surface area contributed by atoms with E-state index in [4.69, 9.17) is 9.47 Å². The van der Waals surface area contributed by atoms with Gasteiger partial charge in [-0.15, -0.1) is 0 Å². The normalized spacial score (nSPS) is 21.7. The molecule has 3 saturated heterocycles. The highest BCUT2D eigenvalue weighted by Crippen LogP contribution is 2.44. The van der Waals surface area contributed by atoms with Crippen LogP contribution in [-0.2, 0) is 16.6 Å². The van der Waals surface area contributed by atoms with Gasteiger partial charge >= 0.3 is 6.03 Å². The van der Waals surface area contributed by atoms with Gasteiger partial charge in [-0.3, -0.25) is 29.1 Å². The maximum Gasteiger partial charge on any atom is 0.329 e. The highest BCUT2D eigenvalue weighted by Gasteiger charge is 2.45. The minimum atomic E-state index is -1.00. The molecule has 63 heavy (non-hydrogen) atoms. The number of urea groups is 1. The quantitative estimate of drug-likeness (QED) is 0.135. The van der Waals surface area contributed by atoms with E-state index in [1.807, 2.05) is 36.5 Å². The van der Waals surface area contributed by atoms with E-state index in [1.54, 1.807) is 7.05 Å². The van der Waals surface area contributed by atoms with Crippen molar-refractivity contribution >= 4 is 57.4 Å². The van der Waals surface area contributed by atoms with Crippen molar-refractivity contribution in [1.82, 2.24) is 33.9 Å². The van der Waals surface area contributed by atoms with Crippen LogP contribution in [0.3, 0.4) is 0 Å². The molecule has 2 aromatic heterocycles. The molecular formula is C44H47F3N10O5S. The Balaban J connectivity index is 0.839. The number of amides is 3. The fourth-order valence-corrected chi connectivity index (χ4v) is 10.2. The van der Waals surface area contributed by atoms with Gasteiger partial charge in [0.25, 0.3) is 5.56 Å². The molecule has 0 radical (unpaired) electrons. The van der Waals surface area contributed by atoms with Crippen molar-refractivity contribution in [3.05, 3.63) is 81.7 Å². The van der Waals surface area contributed by atoms with Crippen LogP contribution < -0.4 is 25.2 Å². The second-order valence-corrected chi connectivity index (χ2v) is 17.8. The standard InChI is InChI=1S/C44H47F3N10O5S/c1-4-53(2)63-52-32-12-11-31(45)40(30(32)22-48)62-34-14-13-33-36(38(34)47)42(59)57(24-49-33)27-21-44(61-23-27)16-19-55(20-17-44)26-7-5-25(6-8-26)28-9-10-29-39(37(28)46)54(3)51-41(29)56-18-15-35(58)50-43(56)60/h9-14,24-27,52H,4-8,15-21,23H2,1-3H3,(H,50,58,60). The fraction of sp³-hybridized carbons (Fsp3) is 0.455. The summed E-state index contributed by atoms with van der Waals surface area (Å²) in [5.41, 5.74) is 0.178. The summed E-state index contributed by atoms with van der Waals surface area (Å²) in [5, 5.41) is 16.9. The Bertz CT molecular complexity index is 2730. The number of piperidine rings is 1. The van der Waals surface area contributed by atoms with E-state index in [9.17, 15) is 19.6 Å². The van der Waals surface area contributed by atoms with E-state index < -0.39 is 40.3 Å². The Kier molecular flexibility index (Phi) is 11.6. The van der Waals surface area contributed by atoms with Gasteiger partial charge in [-0.1, -0.05) is 13.0 Å². The van der Waals surface area contributed by atoms with Crippen LogP contribution in [0.1, 0.15) is 81.4 Å². The molecule has 4 aliphatic rings. The van der Waals surface area contributed by atoms with E-state index in [1.165, 1.54) is 50.8 Å². The van der Waals surface area contributed by atoms with Crippen LogP contribution in [0.25, 0.3) is 21.8 Å². The largest absolute Gasteiger partial charge is 0.450 e. The minimum Gasteiger partial charge on any atom is -0.450 e. The number of fused-ring (bicyclic) bond motifs is 2. The molecule has 5 heterocycles. The van der Waals surface area contributed by atoms with Crippen LogP contribution in [0.2, 0.25) is 0 Å². The first kappa shape index (κ1) is 42.6. The zero-order valence-electron chi connectivity index (χ0n) is 35.1. The number of aromatic nitrogens is 4. The lowest BCUT2D eigenvalue weighted by molar-refractivity contribution is -0.120. The number of nitrogens with zero attached hydrogens (tertiary/aromatic N) is 8. The second kappa shape index (κ2) is 17.1. The summed E-state index contributed by atoms with van der Waals surface area (Å²) in [6.45, 7) is 4.70. The number of likely N-dealkylation sites (tertiary alicyclic amines) is 1. The second-order valence-electron chi connectivity index (χ2n) is 16.8. The predicted octanol–water partition coefficient (Wildman–Crippen LogP) is 7.26. The van der Waals surface area contributed by atoms with Crippen LogP contribution >= 0.6 is 12.1 Å². The number of anilines is 2. The molecule has 5 aromatic rings. The molecule has 4 fully saturated rings. The van der Waals surface area contributed by atoms with Crippen molar-refractivity contribution in [3.8, 4) is 17.6 Å². The van der Waals surface area contributed by atoms with Crippen molar-refractivity contribution in [2.24, 2.45) is 7.05 Å². The highest BCUT2D eigenvalue weighted by molar-refractivity contribution is 7.98. The average Bonchev–Trinajstić information content (AvgIpc) is 3.85. The van der Waals surface area contributed by atoms with E-state index in [-0.39, 0.29) is 65.4 Å². The number of rotatable bonds is 10. The van der Waals surface area contributed by atoms with Crippen molar-refractivity contribution in [2.75, 3.05) is 49.5 Å². The van der Waals surface area contributed by atoms with Gasteiger partial charge in [0.1, 0.15) is 22.5 Å². The van der Waals surface area contributed by atoms with Gasteiger partial charge in [-0.2, -0.15) is 10.4 Å². The number of benzene rings is 3. The molecule has 2 N–H and O–H groups in total. The van der Waals surface area contributed by atoms with Crippen molar-refractivity contribution in [3.63, 3.8) is 0 Å². The van der Waals surface area contributed by atoms with Crippen LogP contribution in [0.5, 0.6) is 11.5 Å². The summed E-state index contributed by atoms with van der Waals surface area (Å²) in [5.74, 6) is -3.05. The summed E-state index contributed by atoms with van der Waals surface area (Å²) < 4.78 is 67.5. The first-order valence-corrected chi connectivity index (χ1v) is 22.0. The molecule has 19 heteroatoms. The molecular weight excluding hydrogens is 838 g/mol. The molecule has 15 nitrogen and oxygen atoms in total. The number of nitrogens with one attached hydrogen (secondary N) is 2. The van der Waals surface area contributed by atoms with E-state index in [2.05, 4.69) is 25.0 Å². The zero-order chi connectivity index (χ0) is 44.2. The van der Waals surface area contributed by atoms with E-state index in [0.717, 1.165) is 57.7 Å². The van der Waals surface area contributed by atoms with Crippen molar-refractivity contribution in [2.45, 2.75) is 81.9 Å². The SMILES string of the molecule is CCN(C)SNc1ccc(F)c(Oc2ccc3ncn(C4COC5(CCN(C6CCC(c7ccc8c(N9CCC(=O)NC9=O)nn(C)c8c7F)CC6)CC5)C4)c(=O)c3c2F)c1C#N. The first-order chi connectivity index (χ1) is 30.4. The molecule has 3 aliphatic heterocycles. The molecule has 1 spiro atoms. The molecule has 1 atom stereocenters. The van der Waals surface area contributed by atoms with Crippen molar-refractivity contribution in [1.29, 1.82) is 5.26 Å². The maximum absolute atomic E-state index is 16.2. The Morgan fingerprint density at radius 3 is 2.54 bits per heavy atom. The first-order valence-electron chi connectivity index (χ1n) is 21.3. The number of halogens is 3. The monoisotopic (exact) mass is 884 g/mol. The van der Waals surface area contributed by atoms with E-state index in [0.29, 0.717) is 41.3 Å². The Morgan fingerprint density at radius 2 is 1.81 bits per heavy atom. The maximum atomic E-state index is 16.2. The van der Waals surface area contributed by atoms with Gasteiger partial charge in [0.2, 0.25) is 5.91 Å². The number of hydrogen-bond donors (Lipinski definition) is 2. The van der Waals surface area contributed by atoms with E-state index >= 15 is 13.2 Å². The third-order valence-corrected chi connectivity index (χ3v) is 14.1. The molecule has 0 bridgehead atoms. The molecule has 1 aliphatic carbocycles. The smallest absolute Gasteiger partial charge is 0.329 e.